The first-order chi connectivity index (χ1) is 13.8. The molecule has 152 valence electrons. The maximum Gasteiger partial charge on any atom is 0.332 e. The molecule has 0 bridgehead atoms. The van der Waals surface area contributed by atoms with E-state index in [0.717, 1.165) is 16.0 Å². The highest BCUT2D eigenvalue weighted by atomic mass is 35.5. The van der Waals surface area contributed by atoms with E-state index in [4.69, 9.17) is 11.6 Å². The van der Waals surface area contributed by atoms with Gasteiger partial charge in [-0.05, 0) is 38.1 Å². The lowest BCUT2D eigenvalue weighted by Crippen LogP contribution is -2.39. The summed E-state index contributed by atoms with van der Waals surface area (Å²) in [6.07, 6.45) is 0. The highest BCUT2D eigenvalue weighted by molar-refractivity contribution is 6.30. The monoisotopic (exact) mass is 415 g/mol. The Morgan fingerprint density at radius 1 is 1.14 bits per heavy atom. The van der Waals surface area contributed by atoms with E-state index in [2.05, 4.69) is 15.4 Å². The fourth-order valence-corrected chi connectivity index (χ4v) is 3.61. The molecule has 0 fully saturated rings. The van der Waals surface area contributed by atoms with Crippen LogP contribution in [0.5, 0.6) is 0 Å². The van der Waals surface area contributed by atoms with Crippen LogP contribution in [-0.4, -0.2) is 37.5 Å². The number of benzene rings is 1. The lowest BCUT2D eigenvalue weighted by atomic mass is 10.2. The summed E-state index contributed by atoms with van der Waals surface area (Å²) in [5.41, 5.74) is 1.81. The van der Waals surface area contributed by atoms with Gasteiger partial charge >= 0.3 is 5.69 Å². The third-order valence-corrected chi connectivity index (χ3v) is 5.52. The van der Waals surface area contributed by atoms with Crippen LogP contribution >= 0.6 is 11.6 Å². The number of aromatic nitrogens is 4. The number of rotatable bonds is 4. The molecule has 4 rings (SSSR count). The number of hydrazone groups is 1. The minimum atomic E-state index is -0.404. The minimum absolute atomic E-state index is 0.138. The largest absolute Gasteiger partial charge is 0.383 e. The van der Waals surface area contributed by atoms with Gasteiger partial charge in [0.05, 0.1) is 18.3 Å². The van der Waals surface area contributed by atoms with Gasteiger partial charge in [0.2, 0.25) is 5.95 Å². The van der Waals surface area contributed by atoms with Gasteiger partial charge in [0.25, 0.3) is 5.56 Å². The summed E-state index contributed by atoms with van der Waals surface area (Å²) >= 11 is 5.92. The summed E-state index contributed by atoms with van der Waals surface area (Å²) < 4.78 is 4.37. The van der Waals surface area contributed by atoms with Crippen LogP contribution in [0.4, 0.5) is 11.6 Å². The Kier molecular flexibility index (Phi) is 4.70. The summed E-state index contributed by atoms with van der Waals surface area (Å²) in [7, 11) is 3.10. The number of hydrogen-bond donors (Lipinski definition) is 1. The van der Waals surface area contributed by atoms with Gasteiger partial charge in [-0.2, -0.15) is 10.1 Å². The number of anilines is 2. The minimum Gasteiger partial charge on any atom is -0.383 e. The normalized spacial score (nSPS) is 16.1. The Morgan fingerprint density at radius 2 is 1.83 bits per heavy atom. The highest BCUT2D eigenvalue weighted by Crippen LogP contribution is 2.29. The van der Waals surface area contributed by atoms with Gasteiger partial charge in [0.15, 0.2) is 11.2 Å². The van der Waals surface area contributed by atoms with Gasteiger partial charge in [0.1, 0.15) is 0 Å². The van der Waals surface area contributed by atoms with Crippen molar-refractivity contribution in [2.45, 2.75) is 19.9 Å². The zero-order valence-electron chi connectivity index (χ0n) is 16.7. The van der Waals surface area contributed by atoms with E-state index in [-0.39, 0.29) is 11.6 Å². The van der Waals surface area contributed by atoms with Crippen molar-refractivity contribution in [2.24, 2.45) is 19.2 Å². The van der Waals surface area contributed by atoms with Gasteiger partial charge in [-0.15, -0.1) is 0 Å². The van der Waals surface area contributed by atoms with E-state index in [0.29, 0.717) is 35.2 Å². The van der Waals surface area contributed by atoms with Gasteiger partial charge in [-0.3, -0.25) is 18.5 Å². The Hall–Kier alpha value is -3.07. The van der Waals surface area contributed by atoms with Crippen molar-refractivity contribution in [1.82, 2.24) is 18.7 Å². The predicted octanol–water partition coefficient (Wildman–Crippen LogP) is 1.96. The van der Waals surface area contributed by atoms with Crippen LogP contribution in [0.2, 0.25) is 5.02 Å². The van der Waals surface area contributed by atoms with Gasteiger partial charge in [-0.1, -0.05) is 11.6 Å². The molecule has 0 aliphatic carbocycles. The zero-order chi connectivity index (χ0) is 20.9. The van der Waals surface area contributed by atoms with Gasteiger partial charge < -0.3 is 5.32 Å². The second-order valence-corrected chi connectivity index (χ2v) is 7.57. The van der Waals surface area contributed by atoms with E-state index < -0.39 is 5.69 Å². The first kappa shape index (κ1) is 19.3. The average Bonchev–Trinajstić information content (AvgIpc) is 3.11. The molecule has 1 aromatic carbocycles. The summed E-state index contributed by atoms with van der Waals surface area (Å²) in [6.45, 7) is 5.03. The molecule has 29 heavy (non-hydrogen) atoms. The number of imidazole rings is 1. The quantitative estimate of drug-likeness (QED) is 0.703. The number of fused-ring (bicyclic) bond motifs is 3. The molecule has 2 aromatic heterocycles. The predicted molar refractivity (Wildman–Crippen MR) is 115 cm³/mol. The molecule has 3 heterocycles. The van der Waals surface area contributed by atoms with E-state index in [1.165, 1.54) is 11.6 Å². The smallest absolute Gasteiger partial charge is 0.332 e. The van der Waals surface area contributed by atoms with E-state index in [9.17, 15) is 9.59 Å². The molecular weight excluding hydrogens is 394 g/mol. The van der Waals surface area contributed by atoms with E-state index in [1.807, 2.05) is 42.7 Å². The Bertz CT molecular complexity index is 1240. The number of aryl methyl sites for hydroxylation is 1. The summed E-state index contributed by atoms with van der Waals surface area (Å²) in [5, 5.41) is 10.4. The van der Waals surface area contributed by atoms with Gasteiger partial charge in [0, 0.05) is 31.4 Å². The van der Waals surface area contributed by atoms with E-state index in [1.54, 1.807) is 12.1 Å². The maximum atomic E-state index is 12.8. The van der Waals surface area contributed by atoms with Crippen molar-refractivity contribution < 1.29 is 0 Å². The lowest BCUT2D eigenvalue weighted by Gasteiger charge is -2.29. The number of nitrogens with one attached hydrogen (secondary N) is 1. The van der Waals surface area contributed by atoms with Crippen molar-refractivity contribution in [3.05, 3.63) is 50.1 Å². The average molecular weight is 416 g/mol. The second-order valence-electron chi connectivity index (χ2n) is 7.13. The van der Waals surface area contributed by atoms with Crippen molar-refractivity contribution in [1.29, 1.82) is 0 Å². The lowest BCUT2D eigenvalue weighted by molar-refractivity contribution is 0.638. The maximum absolute atomic E-state index is 12.8. The molecule has 1 N–H and O–H groups in total. The first-order valence-corrected chi connectivity index (χ1v) is 9.67. The standard InChI is InChI=1S/C19H22ClN7O2/c1-11-12(2)27-15-16(24(3)19(29)25(4)17(15)28)22-18(27)26(23-11)10-9-21-14-7-5-13(20)6-8-14/h5-8,12,21H,9-10H2,1-4H3. The molecule has 0 spiro atoms. The molecular formula is C19H22ClN7O2. The molecule has 0 saturated carbocycles. The number of nitrogens with zero attached hydrogens (tertiary/aromatic N) is 6. The Labute approximate surface area is 171 Å². The van der Waals surface area contributed by atoms with Crippen molar-refractivity contribution in [2.75, 3.05) is 23.4 Å². The third-order valence-electron chi connectivity index (χ3n) is 5.27. The van der Waals surface area contributed by atoms with Crippen LogP contribution in [-0.2, 0) is 14.1 Å². The van der Waals surface area contributed by atoms with Crippen LogP contribution < -0.4 is 21.6 Å². The summed E-state index contributed by atoms with van der Waals surface area (Å²) in [6, 6.07) is 7.32. The molecule has 10 heteroatoms. The third kappa shape index (κ3) is 3.11. The van der Waals surface area contributed by atoms with Crippen molar-refractivity contribution >= 4 is 40.1 Å². The second kappa shape index (κ2) is 7.07. The molecule has 1 aliphatic rings. The fourth-order valence-electron chi connectivity index (χ4n) is 3.48. The van der Waals surface area contributed by atoms with Gasteiger partial charge in [-0.25, -0.2) is 9.80 Å². The van der Waals surface area contributed by atoms with Crippen molar-refractivity contribution in [3.8, 4) is 0 Å². The van der Waals surface area contributed by atoms with Crippen LogP contribution in [0.3, 0.4) is 0 Å². The molecule has 0 radical (unpaired) electrons. The Balaban J connectivity index is 1.72. The van der Waals surface area contributed by atoms with E-state index >= 15 is 0 Å². The molecule has 1 unspecified atom stereocenters. The Morgan fingerprint density at radius 3 is 2.52 bits per heavy atom. The molecule has 9 nitrogen and oxygen atoms in total. The van der Waals surface area contributed by atoms with Crippen LogP contribution in [0.15, 0.2) is 39.0 Å². The highest BCUT2D eigenvalue weighted by Gasteiger charge is 2.30. The number of halogens is 1. The molecule has 0 amide bonds. The SMILES string of the molecule is CC1=NN(CCNc2ccc(Cl)cc2)c2nc3c(c(=O)n(C)c(=O)n3C)n2C1C. The fraction of sp³-hybridized carbons (Fsp3) is 0.368. The molecule has 3 aromatic rings. The van der Waals surface area contributed by atoms with Crippen LogP contribution in [0.1, 0.15) is 19.9 Å². The molecule has 0 saturated heterocycles. The number of hydrogen-bond acceptors (Lipinski definition) is 6. The summed E-state index contributed by atoms with van der Waals surface area (Å²) in [5.74, 6) is 0.550. The first-order valence-electron chi connectivity index (χ1n) is 9.29. The van der Waals surface area contributed by atoms with Crippen LogP contribution in [0.25, 0.3) is 11.2 Å². The van der Waals surface area contributed by atoms with Crippen LogP contribution in [0, 0.1) is 0 Å². The topological polar surface area (TPSA) is 89.5 Å². The van der Waals surface area contributed by atoms with Crippen molar-refractivity contribution in [3.63, 3.8) is 0 Å². The summed E-state index contributed by atoms with van der Waals surface area (Å²) in [4.78, 5) is 29.7. The molecule has 1 atom stereocenters. The molecule has 1 aliphatic heterocycles. The zero-order valence-corrected chi connectivity index (χ0v) is 17.4.